The molecule has 1 aromatic carbocycles. The van der Waals surface area contributed by atoms with Crippen molar-refractivity contribution < 1.29 is 14.6 Å². The Bertz CT molecular complexity index is 432. The molecule has 0 saturated carbocycles. The number of benzene rings is 1. The molecule has 0 unspecified atom stereocenters. The van der Waals surface area contributed by atoms with Crippen molar-refractivity contribution in [1.29, 1.82) is 5.26 Å². The van der Waals surface area contributed by atoms with Crippen LogP contribution < -0.4 is 0 Å². The van der Waals surface area contributed by atoms with Gasteiger partial charge in [0.2, 0.25) is 0 Å². The molecule has 0 radical (unpaired) electrons. The molecular weight excluding hydrogens is 194 g/mol. The average Bonchev–Trinajstić information content (AvgIpc) is 2.27. The third-order valence-corrected chi connectivity index (χ3v) is 2.19. The fraction of sp³-hybridized carbons (Fsp3) is 0.273. The SMILES string of the molecule is COC(=O)c1c(C)ccc(C#N)c1CO. The first-order valence-electron chi connectivity index (χ1n) is 4.37. The van der Waals surface area contributed by atoms with Gasteiger partial charge in [0, 0.05) is 5.56 Å². The smallest absolute Gasteiger partial charge is 0.338 e. The Kier molecular flexibility index (Phi) is 3.42. The van der Waals surface area contributed by atoms with Crippen molar-refractivity contribution >= 4 is 5.97 Å². The van der Waals surface area contributed by atoms with Crippen molar-refractivity contribution in [2.24, 2.45) is 0 Å². The summed E-state index contributed by atoms with van der Waals surface area (Å²) in [6, 6.07) is 5.16. The van der Waals surface area contributed by atoms with E-state index in [9.17, 15) is 4.79 Å². The number of ether oxygens (including phenoxy) is 1. The fourth-order valence-electron chi connectivity index (χ4n) is 1.42. The van der Waals surface area contributed by atoms with E-state index < -0.39 is 5.97 Å². The lowest BCUT2D eigenvalue weighted by Crippen LogP contribution is -2.10. The van der Waals surface area contributed by atoms with Crippen LogP contribution in [-0.4, -0.2) is 18.2 Å². The largest absolute Gasteiger partial charge is 0.465 e. The van der Waals surface area contributed by atoms with Crippen molar-refractivity contribution in [2.75, 3.05) is 7.11 Å². The molecule has 0 fully saturated rings. The van der Waals surface area contributed by atoms with Crippen LogP contribution in [-0.2, 0) is 11.3 Å². The van der Waals surface area contributed by atoms with Gasteiger partial charge >= 0.3 is 5.97 Å². The van der Waals surface area contributed by atoms with E-state index in [1.54, 1.807) is 19.1 Å². The number of nitriles is 1. The van der Waals surface area contributed by atoms with E-state index in [-0.39, 0.29) is 12.2 Å². The summed E-state index contributed by atoms with van der Waals surface area (Å²) < 4.78 is 4.60. The molecule has 78 valence electrons. The molecular formula is C11H11NO3. The Labute approximate surface area is 87.7 Å². The molecule has 0 saturated heterocycles. The van der Waals surface area contributed by atoms with E-state index in [0.717, 1.165) is 0 Å². The maximum Gasteiger partial charge on any atom is 0.338 e. The number of aryl methyl sites for hydroxylation is 1. The van der Waals surface area contributed by atoms with Gasteiger partial charge in [-0.1, -0.05) is 6.07 Å². The minimum absolute atomic E-state index is 0.277. The number of aliphatic hydroxyl groups is 1. The van der Waals surface area contributed by atoms with E-state index in [0.29, 0.717) is 16.7 Å². The van der Waals surface area contributed by atoms with Crippen LogP contribution in [0.3, 0.4) is 0 Å². The maximum absolute atomic E-state index is 11.4. The van der Waals surface area contributed by atoms with Gasteiger partial charge in [0.15, 0.2) is 0 Å². The summed E-state index contributed by atoms with van der Waals surface area (Å²) in [5.41, 5.74) is 1.58. The summed E-state index contributed by atoms with van der Waals surface area (Å²) in [6.07, 6.45) is 0. The highest BCUT2D eigenvalue weighted by molar-refractivity contribution is 5.93. The number of hydrogen-bond donors (Lipinski definition) is 1. The van der Waals surface area contributed by atoms with Gasteiger partial charge in [-0.3, -0.25) is 0 Å². The lowest BCUT2D eigenvalue weighted by molar-refractivity contribution is 0.0596. The van der Waals surface area contributed by atoms with Crippen LogP contribution in [0, 0.1) is 18.3 Å². The number of esters is 1. The van der Waals surface area contributed by atoms with Crippen LogP contribution in [0.4, 0.5) is 0 Å². The zero-order valence-corrected chi connectivity index (χ0v) is 8.57. The molecule has 0 atom stereocenters. The first kappa shape index (κ1) is 11.2. The molecule has 1 aromatic rings. The molecule has 4 heteroatoms. The summed E-state index contributed by atoms with van der Waals surface area (Å²) in [6.45, 7) is 1.38. The monoisotopic (exact) mass is 205 g/mol. The normalized spacial score (nSPS) is 9.47. The summed E-state index contributed by atoms with van der Waals surface area (Å²) >= 11 is 0. The number of hydrogen-bond acceptors (Lipinski definition) is 4. The molecule has 0 heterocycles. The van der Waals surface area contributed by atoms with Crippen LogP contribution >= 0.6 is 0 Å². The molecule has 1 N–H and O–H groups in total. The molecule has 1 rings (SSSR count). The highest BCUT2D eigenvalue weighted by Gasteiger charge is 2.17. The van der Waals surface area contributed by atoms with Crippen molar-refractivity contribution in [2.45, 2.75) is 13.5 Å². The summed E-state index contributed by atoms with van der Waals surface area (Å²) in [5.74, 6) is -0.534. The highest BCUT2D eigenvalue weighted by atomic mass is 16.5. The van der Waals surface area contributed by atoms with Crippen LogP contribution in [0.1, 0.15) is 27.0 Å². The first-order chi connectivity index (χ1) is 7.15. The van der Waals surface area contributed by atoms with Crippen LogP contribution in [0.15, 0.2) is 12.1 Å². The van der Waals surface area contributed by atoms with E-state index in [2.05, 4.69) is 4.74 Å². The second kappa shape index (κ2) is 4.58. The number of carbonyl (C=O) groups is 1. The predicted molar refractivity (Wildman–Crippen MR) is 53.2 cm³/mol. The Balaban J connectivity index is 3.47. The topological polar surface area (TPSA) is 70.3 Å². The van der Waals surface area contributed by atoms with Crippen molar-refractivity contribution in [1.82, 2.24) is 0 Å². The molecule has 0 aromatic heterocycles. The molecule has 0 aliphatic heterocycles. The van der Waals surface area contributed by atoms with Crippen LogP contribution in [0.5, 0.6) is 0 Å². The van der Waals surface area contributed by atoms with Crippen LogP contribution in [0.25, 0.3) is 0 Å². The summed E-state index contributed by atoms with van der Waals surface area (Å²) in [7, 11) is 1.27. The van der Waals surface area contributed by atoms with Crippen molar-refractivity contribution in [3.05, 3.63) is 34.4 Å². The molecule has 0 amide bonds. The number of methoxy groups -OCH3 is 1. The lowest BCUT2D eigenvalue weighted by atomic mass is 9.97. The Hall–Kier alpha value is -1.86. The molecule has 0 bridgehead atoms. The molecule has 0 aliphatic carbocycles. The Morgan fingerprint density at radius 3 is 2.73 bits per heavy atom. The quantitative estimate of drug-likeness (QED) is 0.735. The van der Waals surface area contributed by atoms with Gasteiger partial charge in [-0.15, -0.1) is 0 Å². The van der Waals surface area contributed by atoms with Gasteiger partial charge in [0.25, 0.3) is 0 Å². The average molecular weight is 205 g/mol. The van der Waals surface area contributed by atoms with Crippen molar-refractivity contribution in [3.63, 3.8) is 0 Å². The highest BCUT2D eigenvalue weighted by Crippen LogP contribution is 2.19. The van der Waals surface area contributed by atoms with Gasteiger partial charge in [-0.2, -0.15) is 5.26 Å². The number of carbonyl (C=O) groups excluding carboxylic acids is 1. The van der Waals surface area contributed by atoms with Gasteiger partial charge in [0.1, 0.15) is 0 Å². The minimum Gasteiger partial charge on any atom is -0.465 e. The number of aliphatic hydroxyl groups excluding tert-OH is 1. The lowest BCUT2D eigenvalue weighted by Gasteiger charge is -2.10. The second-order valence-electron chi connectivity index (χ2n) is 3.05. The van der Waals surface area contributed by atoms with E-state index in [1.165, 1.54) is 7.11 Å². The van der Waals surface area contributed by atoms with Gasteiger partial charge in [-0.05, 0) is 18.6 Å². The zero-order valence-electron chi connectivity index (χ0n) is 8.57. The zero-order chi connectivity index (χ0) is 11.4. The molecule has 4 nitrogen and oxygen atoms in total. The van der Waals surface area contributed by atoms with Crippen molar-refractivity contribution in [3.8, 4) is 6.07 Å². The third-order valence-electron chi connectivity index (χ3n) is 2.19. The maximum atomic E-state index is 11.4. The Morgan fingerprint density at radius 2 is 2.27 bits per heavy atom. The fourth-order valence-corrected chi connectivity index (χ4v) is 1.42. The van der Waals surface area contributed by atoms with E-state index in [1.807, 2.05) is 6.07 Å². The van der Waals surface area contributed by atoms with E-state index >= 15 is 0 Å². The van der Waals surface area contributed by atoms with E-state index in [4.69, 9.17) is 10.4 Å². The first-order valence-corrected chi connectivity index (χ1v) is 4.37. The predicted octanol–water partition coefficient (Wildman–Crippen LogP) is 1.15. The summed E-state index contributed by atoms with van der Waals surface area (Å²) in [4.78, 5) is 11.4. The third kappa shape index (κ3) is 1.97. The van der Waals surface area contributed by atoms with Crippen LogP contribution in [0.2, 0.25) is 0 Å². The van der Waals surface area contributed by atoms with Gasteiger partial charge < -0.3 is 9.84 Å². The van der Waals surface area contributed by atoms with Gasteiger partial charge in [-0.25, -0.2) is 4.79 Å². The molecule has 15 heavy (non-hydrogen) atoms. The molecule has 0 spiro atoms. The number of rotatable bonds is 2. The minimum atomic E-state index is -0.534. The number of nitrogens with zero attached hydrogens (tertiary/aromatic N) is 1. The molecule has 0 aliphatic rings. The standard InChI is InChI=1S/C11H11NO3/c1-7-3-4-8(5-12)9(6-13)10(7)11(14)15-2/h3-4,13H,6H2,1-2H3. The summed E-state index contributed by atoms with van der Waals surface area (Å²) in [5, 5.41) is 17.9. The second-order valence-corrected chi connectivity index (χ2v) is 3.05. The Morgan fingerprint density at radius 1 is 1.60 bits per heavy atom. The van der Waals surface area contributed by atoms with Gasteiger partial charge in [0.05, 0.1) is 30.9 Å².